The van der Waals surface area contributed by atoms with E-state index in [0.717, 1.165) is 26.0 Å². The van der Waals surface area contributed by atoms with Crippen LogP contribution in [0.4, 0.5) is 0 Å². The van der Waals surface area contributed by atoms with Crippen molar-refractivity contribution in [3.63, 3.8) is 0 Å². The Morgan fingerprint density at radius 3 is 2.50 bits per heavy atom. The number of rotatable bonds is 7. The Hall–Kier alpha value is -0.0900. The fourth-order valence-corrected chi connectivity index (χ4v) is 1.06. The van der Waals surface area contributed by atoms with Crippen molar-refractivity contribution in [2.75, 3.05) is 13.2 Å². The number of hydrogen-bond acceptors (Lipinski definition) is 2. The highest BCUT2D eigenvalue weighted by atomic mass is 79.9. The Balaban J connectivity index is 3.18. The van der Waals surface area contributed by atoms with Gasteiger partial charge in [-0.2, -0.15) is 0 Å². The third-order valence-electron chi connectivity index (χ3n) is 1.68. The molecule has 3 nitrogen and oxygen atoms in total. The molecule has 84 valence electrons. The number of carbonyl (C=O) groups is 1. The van der Waals surface area contributed by atoms with E-state index in [2.05, 4.69) is 21.2 Å². The van der Waals surface area contributed by atoms with Crippen LogP contribution in [0.1, 0.15) is 33.6 Å². The molecule has 0 spiro atoms. The van der Waals surface area contributed by atoms with Crippen LogP contribution in [-0.4, -0.2) is 30.0 Å². The lowest BCUT2D eigenvalue weighted by Crippen LogP contribution is -2.30. The molecule has 0 aromatic rings. The number of carbonyl (C=O) groups excluding carboxylic acids is 1. The van der Waals surface area contributed by atoms with Gasteiger partial charge in [-0.3, -0.25) is 4.79 Å². The predicted octanol–water partition coefficient (Wildman–Crippen LogP) is 2.09. The molecule has 1 unspecified atom stereocenters. The zero-order valence-corrected chi connectivity index (χ0v) is 10.8. The Bertz CT molecular complexity index is 160. The van der Waals surface area contributed by atoms with Crippen LogP contribution in [0.15, 0.2) is 0 Å². The van der Waals surface area contributed by atoms with E-state index in [1.807, 2.05) is 20.8 Å². The lowest BCUT2D eigenvalue weighted by atomic mass is 10.3. The van der Waals surface area contributed by atoms with E-state index >= 15 is 0 Å². The first-order valence-corrected chi connectivity index (χ1v) is 5.99. The normalized spacial score (nSPS) is 12.9. The van der Waals surface area contributed by atoms with Crippen LogP contribution >= 0.6 is 15.9 Å². The van der Waals surface area contributed by atoms with Crippen molar-refractivity contribution in [2.24, 2.45) is 0 Å². The fraction of sp³-hybridized carbons (Fsp3) is 0.900. The van der Waals surface area contributed by atoms with Crippen LogP contribution in [0.3, 0.4) is 0 Å². The second-order valence-corrected chi connectivity index (χ2v) is 4.91. The van der Waals surface area contributed by atoms with Crippen molar-refractivity contribution in [3.05, 3.63) is 0 Å². The minimum atomic E-state index is -0.102. The number of amides is 1. The SMILES string of the molecule is CC(C)OCCCCNC(=O)C(C)Br. The van der Waals surface area contributed by atoms with Gasteiger partial charge in [0.25, 0.3) is 0 Å². The van der Waals surface area contributed by atoms with Crippen molar-refractivity contribution in [1.82, 2.24) is 5.32 Å². The number of nitrogens with one attached hydrogen (secondary N) is 1. The predicted molar refractivity (Wildman–Crippen MR) is 61.7 cm³/mol. The van der Waals surface area contributed by atoms with Gasteiger partial charge in [0.05, 0.1) is 10.9 Å². The van der Waals surface area contributed by atoms with Gasteiger partial charge in [0.2, 0.25) is 5.91 Å². The molecule has 0 aliphatic heterocycles. The highest BCUT2D eigenvalue weighted by Gasteiger charge is 2.06. The van der Waals surface area contributed by atoms with Gasteiger partial charge < -0.3 is 10.1 Å². The molecule has 0 saturated heterocycles. The van der Waals surface area contributed by atoms with E-state index in [-0.39, 0.29) is 10.7 Å². The molecule has 0 aliphatic carbocycles. The van der Waals surface area contributed by atoms with Crippen molar-refractivity contribution in [1.29, 1.82) is 0 Å². The Kier molecular flexibility index (Phi) is 8.18. The van der Waals surface area contributed by atoms with Crippen LogP contribution < -0.4 is 5.32 Å². The van der Waals surface area contributed by atoms with Crippen LogP contribution in [0.2, 0.25) is 0 Å². The zero-order valence-electron chi connectivity index (χ0n) is 9.18. The summed E-state index contributed by atoms with van der Waals surface area (Å²) in [5.74, 6) is 0.0507. The van der Waals surface area contributed by atoms with Gasteiger partial charge in [-0.25, -0.2) is 0 Å². The van der Waals surface area contributed by atoms with Gasteiger partial charge in [-0.15, -0.1) is 0 Å². The molecule has 0 aromatic carbocycles. The van der Waals surface area contributed by atoms with Crippen molar-refractivity contribution in [2.45, 2.75) is 44.5 Å². The molecule has 0 radical (unpaired) electrons. The fourth-order valence-electron chi connectivity index (χ4n) is 0.898. The first-order chi connectivity index (χ1) is 6.54. The lowest BCUT2D eigenvalue weighted by molar-refractivity contribution is -0.120. The van der Waals surface area contributed by atoms with Crippen LogP contribution in [0.5, 0.6) is 0 Å². The minimum absolute atomic E-state index is 0.0507. The van der Waals surface area contributed by atoms with Crippen molar-refractivity contribution >= 4 is 21.8 Å². The third kappa shape index (κ3) is 8.51. The average molecular weight is 266 g/mol. The first kappa shape index (κ1) is 13.9. The van der Waals surface area contributed by atoms with Gasteiger partial charge >= 0.3 is 0 Å². The Labute approximate surface area is 94.7 Å². The summed E-state index contributed by atoms with van der Waals surface area (Å²) in [5.41, 5.74) is 0. The van der Waals surface area contributed by atoms with Crippen LogP contribution in [0.25, 0.3) is 0 Å². The number of unbranched alkanes of at least 4 members (excludes halogenated alkanes) is 1. The van der Waals surface area contributed by atoms with E-state index in [0.29, 0.717) is 6.10 Å². The molecular formula is C10H20BrNO2. The third-order valence-corrected chi connectivity index (χ3v) is 2.10. The van der Waals surface area contributed by atoms with E-state index in [4.69, 9.17) is 4.74 Å². The number of ether oxygens (including phenoxy) is 1. The summed E-state index contributed by atoms with van der Waals surface area (Å²) in [6.07, 6.45) is 2.26. The quantitative estimate of drug-likeness (QED) is 0.566. The summed E-state index contributed by atoms with van der Waals surface area (Å²) >= 11 is 3.20. The topological polar surface area (TPSA) is 38.3 Å². The van der Waals surface area contributed by atoms with E-state index < -0.39 is 0 Å². The zero-order chi connectivity index (χ0) is 11.0. The van der Waals surface area contributed by atoms with Gasteiger partial charge in [0.1, 0.15) is 0 Å². The molecule has 4 heteroatoms. The summed E-state index contributed by atoms with van der Waals surface area (Å²) in [6.45, 7) is 7.37. The molecule has 0 rings (SSSR count). The minimum Gasteiger partial charge on any atom is -0.379 e. The molecule has 0 aromatic heterocycles. The van der Waals surface area contributed by atoms with Crippen molar-refractivity contribution in [3.8, 4) is 0 Å². The monoisotopic (exact) mass is 265 g/mol. The number of hydrogen-bond donors (Lipinski definition) is 1. The maximum absolute atomic E-state index is 11.1. The van der Waals surface area contributed by atoms with Gasteiger partial charge in [-0.1, -0.05) is 15.9 Å². The summed E-state index contributed by atoms with van der Waals surface area (Å²) in [4.78, 5) is 11.0. The van der Waals surface area contributed by atoms with E-state index in [9.17, 15) is 4.79 Å². The molecular weight excluding hydrogens is 246 g/mol. The molecule has 0 aliphatic rings. The van der Waals surface area contributed by atoms with E-state index in [1.165, 1.54) is 0 Å². The Morgan fingerprint density at radius 2 is 2.00 bits per heavy atom. The van der Waals surface area contributed by atoms with Crippen LogP contribution in [-0.2, 0) is 9.53 Å². The smallest absolute Gasteiger partial charge is 0.233 e. The first-order valence-electron chi connectivity index (χ1n) is 5.07. The molecule has 0 fully saturated rings. The summed E-state index contributed by atoms with van der Waals surface area (Å²) in [5, 5.41) is 2.83. The number of alkyl halides is 1. The molecule has 14 heavy (non-hydrogen) atoms. The largest absolute Gasteiger partial charge is 0.379 e. The standard InChI is InChI=1S/C10H20BrNO2/c1-8(2)14-7-5-4-6-12-10(13)9(3)11/h8-9H,4-7H2,1-3H3,(H,12,13). The van der Waals surface area contributed by atoms with Gasteiger partial charge in [0, 0.05) is 13.2 Å². The highest BCUT2D eigenvalue weighted by molar-refractivity contribution is 9.10. The van der Waals surface area contributed by atoms with Crippen LogP contribution in [0, 0.1) is 0 Å². The Morgan fingerprint density at radius 1 is 1.36 bits per heavy atom. The summed E-state index contributed by atoms with van der Waals surface area (Å²) in [6, 6.07) is 0. The summed E-state index contributed by atoms with van der Waals surface area (Å²) in [7, 11) is 0. The number of halogens is 1. The second-order valence-electron chi connectivity index (χ2n) is 3.53. The molecule has 1 N–H and O–H groups in total. The lowest BCUT2D eigenvalue weighted by Gasteiger charge is -2.08. The molecule has 0 heterocycles. The molecule has 1 amide bonds. The van der Waals surface area contributed by atoms with Gasteiger partial charge in [-0.05, 0) is 33.6 Å². The molecule has 0 saturated carbocycles. The molecule has 1 atom stereocenters. The van der Waals surface area contributed by atoms with E-state index in [1.54, 1.807) is 0 Å². The molecule has 0 bridgehead atoms. The maximum Gasteiger partial charge on any atom is 0.233 e. The second kappa shape index (κ2) is 8.24. The highest BCUT2D eigenvalue weighted by Crippen LogP contribution is 1.97. The maximum atomic E-state index is 11.1. The van der Waals surface area contributed by atoms with Crippen molar-refractivity contribution < 1.29 is 9.53 Å². The van der Waals surface area contributed by atoms with Gasteiger partial charge in [0.15, 0.2) is 0 Å². The average Bonchev–Trinajstić information content (AvgIpc) is 2.09. The summed E-state index contributed by atoms with van der Waals surface area (Å²) < 4.78 is 5.37.